The molecule has 0 atom stereocenters. The Hall–Kier alpha value is -2.07. The second-order valence-corrected chi connectivity index (χ2v) is 14.5. The van der Waals surface area contributed by atoms with Crippen LogP contribution in [0, 0.1) is 11.7 Å². The standard InChI is InChI=1S/C24H25BrNP/c1-3-26(4-2)20-21-27(25,22-14-8-5-9-15-22,23-16-10-6-11-17-23)24-18-12-7-13-19-24/h5-19H,3-4H2,1-2H3. The fourth-order valence-electron chi connectivity index (χ4n) is 3.31. The molecule has 3 aromatic carbocycles. The summed E-state index contributed by atoms with van der Waals surface area (Å²) in [6.07, 6.45) is 0. The zero-order chi connectivity index (χ0) is 19.2. The molecule has 0 heterocycles. The summed E-state index contributed by atoms with van der Waals surface area (Å²) >= 11 is 4.33. The van der Waals surface area contributed by atoms with Gasteiger partial charge in [-0.15, -0.1) is 0 Å². The number of rotatable bonds is 5. The molecule has 0 bridgehead atoms. The van der Waals surface area contributed by atoms with Crippen molar-refractivity contribution in [1.29, 1.82) is 0 Å². The van der Waals surface area contributed by atoms with Crippen LogP contribution in [0.25, 0.3) is 0 Å². The second-order valence-electron chi connectivity index (χ2n) is 6.41. The van der Waals surface area contributed by atoms with Gasteiger partial charge in [0.15, 0.2) is 0 Å². The van der Waals surface area contributed by atoms with E-state index in [1.165, 1.54) is 15.9 Å². The molecule has 3 heteroatoms. The second kappa shape index (κ2) is 8.30. The number of nitrogens with zero attached hydrogens (tertiary/aromatic N) is 1. The first-order chi connectivity index (χ1) is 13.1. The van der Waals surface area contributed by atoms with Gasteiger partial charge in [-0.3, -0.25) is 0 Å². The van der Waals surface area contributed by atoms with E-state index in [2.05, 4.69) is 137 Å². The first kappa shape index (κ1) is 19.7. The summed E-state index contributed by atoms with van der Waals surface area (Å²) < 4.78 is 0. The van der Waals surface area contributed by atoms with E-state index in [4.69, 9.17) is 0 Å². The van der Waals surface area contributed by atoms with E-state index in [0.717, 1.165) is 13.1 Å². The van der Waals surface area contributed by atoms with Crippen molar-refractivity contribution in [3.63, 3.8) is 0 Å². The van der Waals surface area contributed by atoms with Crippen molar-refractivity contribution in [3.05, 3.63) is 91.0 Å². The number of halogens is 1. The summed E-state index contributed by atoms with van der Waals surface area (Å²) in [5.74, 6) is 0. The summed E-state index contributed by atoms with van der Waals surface area (Å²) in [5.41, 5.74) is 3.78. The van der Waals surface area contributed by atoms with Crippen LogP contribution < -0.4 is 15.9 Å². The molecule has 3 rings (SSSR count). The van der Waals surface area contributed by atoms with Crippen LogP contribution in [0.2, 0.25) is 0 Å². The van der Waals surface area contributed by atoms with E-state index in [1.807, 2.05) is 0 Å². The molecular formula is C24H25BrNP. The van der Waals surface area contributed by atoms with Gasteiger partial charge in [-0.2, -0.15) is 0 Å². The van der Waals surface area contributed by atoms with E-state index >= 15 is 0 Å². The van der Waals surface area contributed by atoms with Gasteiger partial charge in [-0.05, 0) is 0 Å². The zero-order valence-electron chi connectivity index (χ0n) is 15.8. The first-order valence-electron chi connectivity index (χ1n) is 9.32. The Morgan fingerprint density at radius 1 is 0.667 bits per heavy atom. The summed E-state index contributed by atoms with van der Waals surface area (Å²) in [4.78, 5) is 2.16. The van der Waals surface area contributed by atoms with E-state index in [0.29, 0.717) is 0 Å². The predicted molar refractivity (Wildman–Crippen MR) is 125 cm³/mol. The normalized spacial score (nSPS) is 12.3. The molecule has 0 N–H and O–H groups in total. The van der Waals surface area contributed by atoms with Gasteiger partial charge in [0.25, 0.3) is 0 Å². The zero-order valence-corrected chi connectivity index (χ0v) is 18.3. The summed E-state index contributed by atoms with van der Waals surface area (Å²) in [5, 5.41) is 0.546. The van der Waals surface area contributed by atoms with Gasteiger partial charge in [0.1, 0.15) is 0 Å². The van der Waals surface area contributed by atoms with Crippen LogP contribution >= 0.6 is 20.8 Å². The van der Waals surface area contributed by atoms with Gasteiger partial charge in [0.2, 0.25) is 0 Å². The Bertz CT molecular complexity index is 826. The molecule has 0 saturated carbocycles. The Morgan fingerprint density at radius 2 is 1.00 bits per heavy atom. The van der Waals surface area contributed by atoms with Crippen LogP contribution in [0.15, 0.2) is 91.0 Å². The first-order valence-corrected chi connectivity index (χ1v) is 13.6. The van der Waals surface area contributed by atoms with Crippen molar-refractivity contribution in [2.45, 2.75) is 13.8 Å². The predicted octanol–water partition coefficient (Wildman–Crippen LogP) is 5.09. The Labute approximate surface area is 171 Å². The number of hydrogen-bond donors (Lipinski definition) is 0. The minimum atomic E-state index is -3.12. The van der Waals surface area contributed by atoms with Crippen LogP contribution in [0.5, 0.6) is 0 Å². The van der Waals surface area contributed by atoms with Gasteiger partial charge in [0, 0.05) is 0 Å². The van der Waals surface area contributed by atoms with Gasteiger partial charge in [-0.1, -0.05) is 0 Å². The number of benzene rings is 3. The van der Waals surface area contributed by atoms with Crippen molar-refractivity contribution in [2.24, 2.45) is 0 Å². The Morgan fingerprint density at radius 3 is 1.30 bits per heavy atom. The van der Waals surface area contributed by atoms with Gasteiger partial charge >= 0.3 is 171 Å². The fraction of sp³-hybridized carbons (Fsp3) is 0.167. The quantitative estimate of drug-likeness (QED) is 0.305. The van der Waals surface area contributed by atoms with Crippen LogP contribution in [-0.2, 0) is 0 Å². The molecule has 27 heavy (non-hydrogen) atoms. The Balaban J connectivity index is 2.43. The molecule has 0 aliphatic rings. The number of hydrogen-bond acceptors (Lipinski definition) is 1. The van der Waals surface area contributed by atoms with E-state index in [9.17, 15) is 0 Å². The van der Waals surface area contributed by atoms with E-state index < -0.39 is 5.31 Å². The van der Waals surface area contributed by atoms with Gasteiger partial charge in [-0.25, -0.2) is 0 Å². The molecule has 0 aliphatic heterocycles. The third-order valence-electron chi connectivity index (χ3n) is 4.90. The molecule has 1 nitrogen and oxygen atoms in total. The summed E-state index contributed by atoms with van der Waals surface area (Å²) in [7, 11) is 0. The molecule has 0 amide bonds. The maximum absolute atomic E-state index is 4.33. The third kappa shape index (κ3) is 3.55. The molecule has 3 aromatic rings. The molecule has 0 unspecified atom stereocenters. The minimum absolute atomic E-state index is 0.904. The topological polar surface area (TPSA) is 3.24 Å². The monoisotopic (exact) mass is 437 g/mol. The van der Waals surface area contributed by atoms with Crippen molar-refractivity contribution >= 4 is 36.7 Å². The fourth-order valence-corrected chi connectivity index (χ4v) is 9.48. The molecule has 0 aromatic heterocycles. The third-order valence-corrected chi connectivity index (χ3v) is 13.4. The van der Waals surface area contributed by atoms with E-state index in [-0.39, 0.29) is 0 Å². The molecule has 0 saturated heterocycles. The maximum atomic E-state index is 4.33. The van der Waals surface area contributed by atoms with Crippen molar-refractivity contribution in [1.82, 2.24) is 4.90 Å². The molecule has 0 spiro atoms. The van der Waals surface area contributed by atoms with Crippen LogP contribution in [0.4, 0.5) is 0 Å². The molecule has 138 valence electrons. The van der Waals surface area contributed by atoms with Gasteiger partial charge < -0.3 is 0 Å². The molecular weight excluding hydrogens is 413 g/mol. The average molecular weight is 438 g/mol. The SMILES string of the molecule is CCN(C#CP(Br)(c1ccccc1)(c1ccccc1)c1ccccc1)CC. The average Bonchev–Trinajstić information content (AvgIpc) is 2.76. The van der Waals surface area contributed by atoms with Crippen molar-refractivity contribution in [3.8, 4) is 11.7 Å². The summed E-state index contributed by atoms with van der Waals surface area (Å²) in [6, 6.07) is 35.5. The molecule has 0 fully saturated rings. The molecule has 0 radical (unpaired) electrons. The van der Waals surface area contributed by atoms with Crippen LogP contribution in [-0.4, -0.2) is 18.0 Å². The Kier molecular flexibility index (Phi) is 6.05. The van der Waals surface area contributed by atoms with Crippen LogP contribution in [0.1, 0.15) is 13.8 Å². The molecule has 0 aliphatic carbocycles. The van der Waals surface area contributed by atoms with Crippen LogP contribution in [0.3, 0.4) is 0 Å². The van der Waals surface area contributed by atoms with Crippen molar-refractivity contribution in [2.75, 3.05) is 13.1 Å². The summed E-state index contributed by atoms with van der Waals surface area (Å²) in [6.45, 7) is 6.10. The van der Waals surface area contributed by atoms with Gasteiger partial charge in [0.05, 0.1) is 0 Å². The van der Waals surface area contributed by atoms with E-state index in [1.54, 1.807) is 0 Å². The van der Waals surface area contributed by atoms with Crippen molar-refractivity contribution < 1.29 is 0 Å².